The number of aromatic nitrogens is 2. The van der Waals surface area contributed by atoms with Crippen LogP contribution in [0.5, 0.6) is 0 Å². The topological polar surface area (TPSA) is 64.0 Å². The van der Waals surface area contributed by atoms with Gasteiger partial charge in [-0.25, -0.2) is 8.42 Å². The predicted octanol–water partition coefficient (Wildman–Crippen LogP) is 1.11. The Labute approximate surface area is 102 Å². The van der Waals surface area contributed by atoms with E-state index < -0.39 is 9.84 Å². The average molecular weight is 257 g/mol. The Balaban J connectivity index is 2.13. The molecule has 0 bridgehead atoms. The molecule has 1 aliphatic carbocycles. The van der Waals surface area contributed by atoms with E-state index in [4.69, 9.17) is 0 Å². The molecule has 0 spiro atoms. The molecule has 0 aliphatic heterocycles. The number of anilines is 1. The van der Waals surface area contributed by atoms with Crippen molar-refractivity contribution in [3.05, 3.63) is 11.8 Å². The lowest BCUT2D eigenvalue weighted by atomic mass is 10.2. The summed E-state index contributed by atoms with van der Waals surface area (Å²) in [5.74, 6) is 0.769. The Kier molecular flexibility index (Phi) is 3.16. The van der Waals surface area contributed by atoms with E-state index in [0.717, 1.165) is 30.8 Å². The number of hydrogen-bond acceptors (Lipinski definition) is 4. The van der Waals surface area contributed by atoms with Crippen LogP contribution in [-0.2, 0) is 16.9 Å². The molecule has 6 heteroatoms. The molecule has 0 amide bonds. The van der Waals surface area contributed by atoms with Gasteiger partial charge in [0.2, 0.25) is 0 Å². The van der Waals surface area contributed by atoms with Crippen LogP contribution >= 0.6 is 0 Å². The van der Waals surface area contributed by atoms with Crippen LogP contribution in [0.2, 0.25) is 0 Å². The molecule has 5 nitrogen and oxygen atoms in total. The summed E-state index contributed by atoms with van der Waals surface area (Å²) in [7, 11) is -1.09. The highest BCUT2D eigenvalue weighted by molar-refractivity contribution is 7.91. The monoisotopic (exact) mass is 257 g/mol. The van der Waals surface area contributed by atoms with E-state index in [1.807, 2.05) is 20.0 Å². The molecule has 17 heavy (non-hydrogen) atoms. The Morgan fingerprint density at radius 3 is 2.71 bits per heavy atom. The molecule has 1 aliphatic rings. The summed E-state index contributed by atoms with van der Waals surface area (Å²) in [6, 6.07) is 1.94. The van der Waals surface area contributed by atoms with Crippen molar-refractivity contribution in [2.75, 3.05) is 11.6 Å². The van der Waals surface area contributed by atoms with Gasteiger partial charge in [0, 0.05) is 31.1 Å². The van der Waals surface area contributed by atoms with Crippen molar-refractivity contribution >= 4 is 15.7 Å². The summed E-state index contributed by atoms with van der Waals surface area (Å²) in [5.41, 5.74) is 1.06. The second-order valence-corrected chi connectivity index (χ2v) is 7.11. The molecule has 0 aromatic carbocycles. The van der Waals surface area contributed by atoms with Gasteiger partial charge in [-0.3, -0.25) is 4.68 Å². The van der Waals surface area contributed by atoms with Gasteiger partial charge in [-0.2, -0.15) is 5.10 Å². The van der Waals surface area contributed by atoms with E-state index in [2.05, 4.69) is 10.4 Å². The molecular weight excluding hydrogens is 238 g/mol. The molecule has 2 atom stereocenters. The first-order chi connectivity index (χ1) is 7.88. The van der Waals surface area contributed by atoms with Gasteiger partial charge >= 0.3 is 0 Å². The maximum absolute atomic E-state index is 11.6. The van der Waals surface area contributed by atoms with Gasteiger partial charge in [0.25, 0.3) is 0 Å². The minimum Gasteiger partial charge on any atom is -0.365 e. The standard InChI is InChI=1S/C11H19N3O2S/c1-8-7-11(13-14(8)2)12-9-5-4-6-10(9)17(3,15)16/h7,9-10H,4-6H2,1-3H3,(H,12,13). The minimum absolute atomic E-state index is 0.000648. The fraction of sp³-hybridized carbons (Fsp3) is 0.727. The zero-order valence-electron chi connectivity index (χ0n) is 10.5. The van der Waals surface area contributed by atoms with Gasteiger partial charge in [0.05, 0.1) is 5.25 Å². The molecule has 1 aromatic rings. The fourth-order valence-corrected chi connectivity index (χ4v) is 3.82. The van der Waals surface area contributed by atoms with Crippen molar-refractivity contribution in [3.8, 4) is 0 Å². The third-order valence-corrected chi connectivity index (χ3v) is 5.11. The van der Waals surface area contributed by atoms with Crippen LogP contribution in [0.25, 0.3) is 0 Å². The highest BCUT2D eigenvalue weighted by Gasteiger charge is 2.35. The van der Waals surface area contributed by atoms with Crippen LogP contribution in [0.15, 0.2) is 6.07 Å². The second kappa shape index (κ2) is 4.33. The largest absolute Gasteiger partial charge is 0.365 e. The molecule has 1 heterocycles. The maximum atomic E-state index is 11.6. The molecule has 0 radical (unpaired) electrons. The Morgan fingerprint density at radius 1 is 1.47 bits per heavy atom. The minimum atomic E-state index is -2.97. The van der Waals surface area contributed by atoms with E-state index in [1.54, 1.807) is 4.68 Å². The first-order valence-electron chi connectivity index (χ1n) is 5.84. The van der Waals surface area contributed by atoms with Gasteiger partial charge in [-0.1, -0.05) is 0 Å². The summed E-state index contributed by atoms with van der Waals surface area (Å²) in [6.45, 7) is 1.97. The van der Waals surface area contributed by atoms with Crippen LogP contribution in [0.3, 0.4) is 0 Å². The smallest absolute Gasteiger partial charge is 0.152 e. The molecule has 1 aromatic heterocycles. The highest BCUT2D eigenvalue weighted by atomic mass is 32.2. The molecule has 1 saturated carbocycles. The third kappa shape index (κ3) is 2.62. The summed E-state index contributed by atoms with van der Waals surface area (Å²) in [5, 5.41) is 7.28. The van der Waals surface area contributed by atoms with Crippen molar-refractivity contribution in [1.82, 2.24) is 9.78 Å². The number of sulfone groups is 1. The molecule has 1 fully saturated rings. The maximum Gasteiger partial charge on any atom is 0.152 e. The number of aryl methyl sites for hydroxylation is 2. The summed E-state index contributed by atoms with van der Waals surface area (Å²) in [6.07, 6.45) is 3.93. The van der Waals surface area contributed by atoms with Gasteiger partial charge in [-0.15, -0.1) is 0 Å². The first-order valence-corrected chi connectivity index (χ1v) is 7.79. The second-order valence-electron chi connectivity index (χ2n) is 4.84. The SMILES string of the molecule is Cc1cc(NC2CCCC2S(C)(=O)=O)nn1C. The zero-order valence-corrected chi connectivity index (χ0v) is 11.3. The number of nitrogens with one attached hydrogen (secondary N) is 1. The Hall–Kier alpha value is -1.04. The number of nitrogens with zero attached hydrogens (tertiary/aromatic N) is 2. The van der Waals surface area contributed by atoms with Gasteiger partial charge in [-0.05, 0) is 26.2 Å². The van der Waals surface area contributed by atoms with Crippen molar-refractivity contribution in [1.29, 1.82) is 0 Å². The van der Waals surface area contributed by atoms with E-state index >= 15 is 0 Å². The van der Waals surface area contributed by atoms with E-state index in [-0.39, 0.29) is 11.3 Å². The van der Waals surface area contributed by atoms with Crippen molar-refractivity contribution in [2.24, 2.45) is 7.05 Å². The lowest BCUT2D eigenvalue weighted by molar-refractivity contribution is 0.579. The van der Waals surface area contributed by atoms with Crippen LogP contribution in [0.1, 0.15) is 25.0 Å². The molecule has 96 valence electrons. The van der Waals surface area contributed by atoms with Gasteiger partial charge in [0.15, 0.2) is 9.84 Å². The number of rotatable bonds is 3. The Bertz CT molecular complexity index is 487. The molecule has 0 saturated heterocycles. The quantitative estimate of drug-likeness (QED) is 0.881. The fourth-order valence-electron chi connectivity index (χ4n) is 2.42. The van der Waals surface area contributed by atoms with Gasteiger partial charge in [0.1, 0.15) is 5.82 Å². The van der Waals surface area contributed by atoms with Crippen LogP contribution in [0.4, 0.5) is 5.82 Å². The van der Waals surface area contributed by atoms with Crippen LogP contribution < -0.4 is 5.32 Å². The van der Waals surface area contributed by atoms with Crippen molar-refractivity contribution in [2.45, 2.75) is 37.5 Å². The lowest BCUT2D eigenvalue weighted by Gasteiger charge is -2.18. The Morgan fingerprint density at radius 2 is 2.18 bits per heavy atom. The normalized spacial score (nSPS) is 25.1. The summed E-state index contributed by atoms with van der Waals surface area (Å²) < 4.78 is 25.1. The molecule has 2 rings (SSSR count). The predicted molar refractivity (Wildman–Crippen MR) is 67.8 cm³/mol. The summed E-state index contributed by atoms with van der Waals surface area (Å²) >= 11 is 0. The van der Waals surface area contributed by atoms with Crippen molar-refractivity contribution in [3.63, 3.8) is 0 Å². The van der Waals surface area contributed by atoms with Crippen LogP contribution in [-0.4, -0.2) is 35.7 Å². The third-order valence-electron chi connectivity index (χ3n) is 3.45. The molecule has 2 unspecified atom stereocenters. The van der Waals surface area contributed by atoms with Crippen LogP contribution in [0, 0.1) is 6.92 Å². The molecular formula is C11H19N3O2S. The van der Waals surface area contributed by atoms with Gasteiger partial charge < -0.3 is 5.32 Å². The first kappa shape index (κ1) is 12.4. The van der Waals surface area contributed by atoms with Crippen molar-refractivity contribution < 1.29 is 8.42 Å². The van der Waals surface area contributed by atoms with E-state index in [0.29, 0.717) is 0 Å². The zero-order chi connectivity index (χ0) is 12.6. The van der Waals surface area contributed by atoms with E-state index in [9.17, 15) is 8.42 Å². The lowest BCUT2D eigenvalue weighted by Crippen LogP contribution is -2.34. The summed E-state index contributed by atoms with van der Waals surface area (Å²) in [4.78, 5) is 0. The van der Waals surface area contributed by atoms with E-state index in [1.165, 1.54) is 6.26 Å². The average Bonchev–Trinajstić information content (AvgIpc) is 2.74. The highest BCUT2D eigenvalue weighted by Crippen LogP contribution is 2.27. The molecule has 1 N–H and O–H groups in total. The number of hydrogen-bond donors (Lipinski definition) is 1.